The van der Waals surface area contributed by atoms with E-state index in [0.29, 0.717) is 16.5 Å². The first-order chi connectivity index (χ1) is 9.34. The Morgan fingerprint density at radius 3 is 2.50 bits per heavy atom. The number of anilines is 1. The molecule has 1 aromatic heterocycles. The van der Waals surface area contributed by atoms with Crippen LogP contribution >= 0.6 is 11.3 Å². The summed E-state index contributed by atoms with van der Waals surface area (Å²) in [6, 6.07) is 6.20. The van der Waals surface area contributed by atoms with E-state index in [2.05, 4.69) is 20.8 Å². The third kappa shape index (κ3) is 2.40. The highest BCUT2D eigenvalue weighted by molar-refractivity contribution is 7.21. The lowest BCUT2D eigenvalue weighted by Gasteiger charge is -2.27. The molecule has 2 aromatic rings. The summed E-state index contributed by atoms with van der Waals surface area (Å²) >= 11 is 1.50. The van der Waals surface area contributed by atoms with Crippen molar-refractivity contribution in [3.8, 4) is 0 Å². The number of thiophene rings is 1. The Labute approximate surface area is 124 Å². The number of aryl methyl sites for hydroxylation is 1. The van der Waals surface area contributed by atoms with Crippen LogP contribution in [0.15, 0.2) is 18.2 Å². The second kappa shape index (κ2) is 5.44. The van der Waals surface area contributed by atoms with Crippen LogP contribution in [0.1, 0.15) is 36.0 Å². The Morgan fingerprint density at radius 1 is 1.30 bits per heavy atom. The molecular weight excluding hydrogens is 268 g/mol. The smallest absolute Gasteiger partial charge is 0.266 e. The highest BCUT2D eigenvalue weighted by Crippen LogP contribution is 2.36. The lowest BCUT2D eigenvalue weighted by Crippen LogP contribution is -2.38. The third-order valence-electron chi connectivity index (χ3n) is 4.04. The van der Waals surface area contributed by atoms with Crippen LogP contribution < -0.4 is 5.73 Å². The first-order valence-electron chi connectivity index (χ1n) is 6.89. The zero-order chi connectivity index (χ0) is 15.0. The Balaban J connectivity index is 2.45. The average molecular weight is 290 g/mol. The molecule has 0 aliphatic rings. The van der Waals surface area contributed by atoms with E-state index < -0.39 is 0 Å². The fourth-order valence-corrected chi connectivity index (χ4v) is 3.40. The number of hydrogen-bond donors (Lipinski definition) is 1. The molecule has 3 nitrogen and oxygen atoms in total. The van der Waals surface area contributed by atoms with E-state index in [1.807, 2.05) is 32.2 Å². The predicted molar refractivity (Wildman–Crippen MR) is 87.4 cm³/mol. The van der Waals surface area contributed by atoms with Gasteiger partial charge < -0.3 is 10.6 Å². The second-order valence-electron chi connectivity index (χ2n) is 5.70. The normalized spacial score (nSPS) is 12.9. The summed E-state index contributed by atoms with van der Waals surface area (Å²) in [5, 5.41) is 0.990. The van der Waals surface area contributed by atoms with E-state index in [-0.39, 0.29) is 11.9 Å². The number of carbonyl (C=O) groups excluding carboxylic acids is 1. The predicted octanol–water partition coefficient (Wildman–Crippen LogP) is 3.91. The molecular formula is C16H22N2OS. The van der Waals surface area contributed by atoms with Gasteiger partial charge in [0.05, 0.1) is 5.69 Å². The molecule has 2 N–H and O–H groups in total. The van der Waals surface area contributed by atoms with E-state index in [1.54, 1.807) is 4.90 Å². The van der Waals surface area contributed by atoms with Crippen LogP contribution in [0.25, 0.3) is 10.1 Å². The molecule has 0 bridgehead atoms. The van der Waals surface area contributed by atoms with E-state index in [9.17, 15) is 4.79 Å². The number of nitrogen functional groups attached to an aromatic ring is 1. The van der Waals surface area contributed by atoms with Crippen LogP contribution in [0.2, 0.25) is 0 Å². The van der Waals surface area contributed by atoms with Crippen LogP contribution in [-0.2, 0) is 0 Å². The largest absolute Gasteiger partial charge is 0.397 e. The standard InChI is InChI=1S/C16H22N2OS/c1-9(2)11(4)18(5)16(19)15-13(17)12-8-6-7-10(3)14(12)20-15/h6-9,11H,17H2,1-5H3. The molecule has 0 radical (unpaired) electrons. The number of hydrogen-bond acceptors (Lipinski definition) is 3. The summed E-state index contributed by atoms with van der Waals surface area (Å²) in [4.78, 5) is 15.1. The Bertz CT molecular complexity index is 645. The molecule has 1 atom stereocenters. The molecule has 20 heavy (non-hydrogen) atoms. The maximum atomic E-state index is 12.6. The SMILES string of the molecule is Cc1cccc2c(N)c(C(=O)N(C)C(C)C(C)C)sc12. The van der Waals surface area contributed by atoms with E-state index in [0.717, 1.165) is 15.6 Å². The maximum absolute atomic E-state index is 12.6. The van der Waals surface area contributed by atoms with Crippen molar-refractivity contribution in [1.82, 2.24) is 4.90 Å². The van der Waals surface area contributed by atoms with Crippen LogP contribution in [0, 0.1) is 12.8 Å². The van der Waals surface area contributed by atoms with Gasteiger partial charge in [-0.1, -0.05) is 32.0 Å². The number of fused-ring (bicyclic) bond motifs is 1. The Hall–Kier alpha value is -1.55. The highest BCUT2D eigenvalue weighted by atomic mass is 32.1. The molecule has 0 spiro atoms. The quantitative estimate of drug-likeness (QED) is 0.931. The zero-order valence-electron chi connectivity index (χ0n) is 12.7. The van der Waals surface area contributed by atoms with Gasteiger partial charge in [0.2, 0.25) is 0 Å². The van der Waals surface area contributed by atoms with Gasteiger partial charge in [-0.25, -0.2) is 0 Å². The molecule has 0 fully saturated rings. The van der Waals surface area contributed by atoms with Gasteiger partial charge in [0.1, 0.15) is 4.88 Å². The van der Waals surface area contributed by atoms with Crippen LogP contribution in [0.5, 0.6) is 0 Å². The monoisotopic (exact) mass is 290 g/mol. The molecule has 4 heteroatoms. The van der Waals surface area contributed by atoms with Crippen molar-refractivity contribution in [3.05, 3.63) is 28.6 Å². The van der Waals surface area contributed by atoms with Crippen molar-refractivity contribution in [2.45, 2.75) is 33.7 Å². The number of rotatable bonds is 3. The van der Waals surface area contributed by atoms with Crippen LogP contribution in [0.4, 0.5) is 5.69 Å². The van der Waals surface area contributed by atoms with Gasteiger partial charge in [0.15, 0.2) is 0 Å². The lowest BCUT2D eigenvalue weighted by atomic mass is 10.0. The maximum Gasteiger partial charge on any atom is 0.266 e. The first-order valence-corrected chi connectivity index (χ1v) is 7.71. The van der Waals surface area contributed by atoms with E-state index in [4.69, 9.17) is 5.73 Å². The average Bonchev–Trinajstić information content (AvgIpc) is 2.75. The minimum atomic E-state index is 0.0179. The van der Waals surface area contributed by atoms with Gasteiger partial charge >= 0.3 is 0 Å². The van der Waals surface area contributed by atoms with Crippen LogP contribution in [-0.4, -0.2) is 23.9 Å². The van der Waals surface area contributed by atoms with Gasteiger partial charge in [0.25, 0.3) is 5.91 Å². The van der Waals surface area contributed by atoms with Crippen molar-refractivity contribution >= 4 is 33.0 Å². The number of carbonyl (C=O) groups is 1. The minimum absolute atomic E-state index is 0.0179. The molecule has 0 aliphatic heterocycles. The van der Waals surface area contributed by atoms with Gasteiger partial charge in [-0.15, -0.1) is 11.3 Å². The molecule has 1 unspecified atom stereocenters. The fourth-order valence-electron chi connectivity index (χ4n) is 2.23. The van der Waals surface area contributed by atoms with Crippen molar-refractivity contribution in [1.29, 1.82) is 0 Å². The molecule has 1 heterocycles. The molecule has 0 saturated carbocycles. The summed E-state index contributed by atoms with van der Waals surface area (Å²) in [5.74, 6) is 0.436. The van der Waals surface area contributed by atoms with Crippen molar-refractivity contribution in [3.63, 3.8) is 0 Å². The Morgan fingerprint density at radius 2 is 1.95 bits per heavy atom. The number of benzene rings is 1. The van der Waals surface area contributed by atoms with E-state index >= 15 is 0 Å². The summed E-state index contributed by atoms with van der Waals surface area (Å²) in [6.45, 7) is 8.35. The molecule has 1 aromatic carbocycles. The molecule has 2 rings (SSSR count). The molecule has 108 valence electrons. The zero-order valence-corrected chi connectivity index (χ0v) is 13.5. The molecule has 1 amide bonds. The molecule has 0 aliphatic carbocycles. The number of nitrogens with two attached hydrogens (primary N) is 1. The fraction of sp³-hybridized carbons (Fsp3) is 0.438. The second-order valence-corrected chi connectivity index (χ2v) is 6.72. The molecule has 0 saturated heterocycles. The summed E-state index contributed by atoms with van der Waals surface area (Å²) in [7, 11) is 1.85. The van der Waals surface area contributed by atoms with Crippen molar-refractivity contribution in [2.75, 3.05) is 12.8 Å². The van der Waals surface area contributed by atoms with Gasteiger partial charge in [0, 0.05) is 23.2 Å². The van der Waals surface area contributed by atoms with Crippen molar-refractivity contribution < 1.29 is 4.79 Å². The van der Waals surface area contributed by atoms with Gasteiger partial charge in [-0.05, 0) is 25.3 Å². The van der Waals surface area contributed by atoms with Crippen LogP contribution in [0.3, 0.4) is 0 Å². The first kappa shape index (κ1) is 14.9. The summed E-state index contributed by atoms with van der Waals surface area (Å²) < 4.78 is 1.11. The minimum Gasteiger partial charge on any atom is -0.397 e. The lowest BCUT2D eigenvalue weighted by molar-refractivity contribution is 0.0713. The van der Waals surface area contributed by atoms with Crippen molar-refractivity contribution in [2.24, 2.45) is 5.92 Å². The number of nitrogens with zero attached hydrogens (tertiary/aromatic N) is 1. The number of amides is 1. The Kier molecular flexibility index (Phi) is 4.04. The highest BCUT2D eigenvalue weighted by Gasteiger charge is 2.24. The van der Waals surface area contributed by atoms with E-state index in [1.165, 1.54) is 11.3 Å². The third-order valence-corrected chi connectivity index (χ3v) is 5.39. The topological polar surface area (TPSA) is 46.3 Å². The van der Waals surface area contributed by atoms with Gasteiger partial charge in [-0.2, -0.15) is 0 Å². The summed E-state index contributed by atoms with van der Waals surface area (Å²) in [5.41, 5.74) is 7.96. The summed E-state index contributed by atoms with van der Waals surface area (Å²) in [6.07, 6.45) is 0. The van der Waals surface area contributed by atoms with Gasteiger partial charge in [-0.3, -0.25) is 4.79 Å².